The number of nitrogens with one attached hydrogen (secondary N) is 1. The first-order valence-corrected chi connectivity index (χ1v) is 8.26. The van der Waals surface area contributed by atoms with Crippen LogP contribution in [0.2, 0.25) is 0 Å². The summed E-state index contributed by atoms with van der Waals surface area (Å²) in [6, 6.07) is 0.383. The SMILES string of the molecule is CC(C)CC1CN(S(C)(=O)=O)C(C(C)C)CN1. The van der Waals surface area contributed by atoms with Crippen LogP contribution in [0.15, 0.2) is 0 Å². The molecular formula is C12H26N2O2S. The average molecular weight is 262 g/mol. The highest BCUT2D eigenvalue weighted by atomic mass is 32.2. The van der Waals surface area contributed by atoms with Crippen LogP contribution in [0.3, 0.4) is 0 Å². The van der Waals surface area contributed by atoms with Gasteiger partial charge in [-0.25, -0.2) is 8.42 Å². The number of hydrogen-bond donors (Lipinski definition) is 1. The molecule has 0 saturated carbocycles. The van der Waals surface area contributed by atoms with Crippen LogP contribution in [0, 0.1) is 11.8 Å². The molecule has 1 N–H and O–H groups in total. The molecule has 0 amide bonds. The van der Waals surface area contributed by atoms with Crippen molar-refractivity contribution in [3.05, 3.63) is 0 Å². The maximum absolute atomic E-state index is 11.8. The fraction of sp³-hybridized carbons (Fsp3) is 1.00. The Hall–Kier alpha value is -0.130. The molecule has 0 spiro atoms. The van der Waals surface area contributed by atoms with E-state index in [1.54, 1.807) is 4.31 Å². The summed E-state index contributed by atoms with van der Waals surface area (Å²) in [5.41, 5.74) is 0. The number of nitrogens with zero attached hydrogens (tertiary/aromatic N) is 1. The van der Waals surface area contributed by atoms with Gasteiger partial charge in [0.25, 0.3) is 0 Å². The van der Waals surface area contributed by atoms with Crippen molar-refractivity contribution in [3.63, 3.8) is 0 Å². The predicted molar refractivity (Wildman–Crippen MR) is 71.4 cm³/mol. The Balaban J connectivity index is 2.77. The van der Waals surface area contributed by atoms with Crippen molar-refractivity contribution < 1.29 is 8.42 Å². The van der Waals surface area contributed by atoms with E-state index in [0.29, 0.717) is 24.4 Å². The number of sulfonamides is 1. The van der Waals surface area contributed by atoms with E-state index in [0.717, 1.165) is 13.0 Å². The minimum absolute atomic E-state index is 0.0911. The largest absolute Gasteiger partial charge is 0.311 e. The zero-order valence-electron chi connectivity index (χ0n) is 11.6. The smallest absolute Gasteiger partial charge is 0.211 e. The number of rotatable bonds is 4. The molecule has 4 nitrogen and oxygen atoms in total. The van der Waals surface area contributed by atoms with E-state index in [9.17, 15) is 8.42 Å². The zero-order chi connectivity index (χ0) is 13.2. The van der Waals surface area contributed by atoms with Gasteiger partial charge in [-0.2, -0.15) is 4.31 Å². The molecule has 1 aliphatic heterocycles. The molecule has 0 aromatic heterocycles. The molecule has 1 saturated heterocycles. The summed E-state index contributed by atoms with van der Waals surface area (Å²) in [6.45, 7) is 9.87. The maximum atomic E-state index is 11.8. The van der Waals surface area contributed by atoms with E-state index in [-0.39, 0.29) is 6.04 Å². The van der Waals surface area contributed by atoms with Gasteiger partial charge < -0.3 is 5.32 Å². The van der Waals surface area contributed by atoms with Gasteiger partial charge in [-0.05, 0) is 18.3 Å². The molecule has 0 aliphatic carbocycles. The zero-order valence-corrected chi connectivity index (χ0v) is 12.4. The van der Waals surface area contributed by atoms with Crippen LogP contribution in [0.25, 0.3) is 0 Å². The van der Waals surface area contributed by atoms with Crippen molar-refractivity contribution in [2.75, 3.05) is 19.3 Å². The summed E-state index contributed by atoms with van der Waals surface area (Å²) in [5.74, 6) is 0.932. The summed E-state index contributed by atoms with van der Waals surface area (Å²) < 4.78 is 25.3. The molecule has 1 rings (SSSR count). The Morgan fingerprint density at radius 2 is 1.88 bits per heavy atom. The van der Waals surface area contributed by atoms with E-state index in [1.165, 1.54) is 6.26 Å². The van der Waals surface area contributed by atoms with Gasteiger partial charge in [0.1, 0.15) is 0 Å². The third-order valence-corrected chi connectivity index (χ3v) is 4.61. The lowest BCUT2D eigenvalue weighted by molar-refractivity contribution is 0.173. The second-order valence-electron chi connectivity index (χ2n) is 5.88. The lowest BCUT2D eigenvalue weighted by atomic mass is 9.97. The molecule has 2 unspecified atom stereocenters. The molecule has 1 heterocycles. The van der Waals surface area contributed by atoms with E-state index in [2.05, 4.69) is 33.0 Å². The first-order chi connectivity index (χ1) is 7.71. The lowest BCUT2D eigenvalue weighted by Gasteiger charge is -2.41. The normalized spacial score (nSPS) is 27.9. The van der Waals surface area contributed by atoms with Crippen LogP contribution in [-0.2, 0) is 10.0 Å². The van der Waals surface area contributed by atoms with Crippen LogP contribution in [0.5, 0.6) is 0 Å². The molecule has 0 bridgehead atoms. The van der Waals surface area contributed by atoms with Crippen molar-refractivity contribution in [2.24, 2.45) is 11.8 Å². The van der Waals surface area contributed by atoms with Crippen molar-refractivity contribution in [2.45, 2.75) is 46.2 Å². The Kier molecular flexibility index (Phi) is 4.98. The van der Waals surface area contributed by atoms with Crippen LogP contribution in [-0.4, -0.2) is 44.2 Å². The highest BCUT2D eigenvalue weighted by molar-refractivity contribution is 7.88. The third-order valence-electron chi connectivity index (χ3n) is 3.34. The molecule has 5 heteroatoms. The maximum Gasteiger partial charge on any atom is 0.211 e. The Bertz CT molecular complexity index is 338. The molecule has 1 aliphatic rings. The van der Waals surface area contributed by atoms with Crippen molar-refractivity contribution in [3.8, 4) is 0 Å². The molecular weight excluding hydrogens is 236 g/mol. The molecule has 17 heavy (non-hydrogen) atoms. The molecule has 0 aromatic rings. The topological polar surface area (TPSA) is 49.4 Å². The third kappa shape index (κ3) is 4.23. The number of piperazine rings is 1. The molecule has 2 atom stereocenters. The van der Waals surface area contributed by atoms with Gasteiger partial charge in [-0.15, -0.1) is 0 Å². The molecule has 0 radical (unpaired) electrons. The van der Waals surface area contributed by atoms with Crippen LogP contribution in [0.1, 0.15) is 34.1 Å². The second kappa shape index (κ2) is 5.67. The Morgan fingerprint density at radius 1 is 1.29 bits per heavy atom. The fourth-order valence-electron chi connectivity index (χ4n) is 2.48. The average Bonchev–Trinajstić information content (AvgIpc) is 2.14. The van der Waals surface area contributed by atoms with Gasteiger partial charge >= 0.3 is 0 Å². The summed E-state index contributed by atoms with van der Waals surface area (Å²) in [6.07, 6.45) is 2.34. The monoisotopic (exact) mass is 262 g/mol. The minimum atomic E-state index is -3.10. The summed E-state index contributed by atoms with van der Waals surface area (Å²) in [5, 5.41) is 3.48. The lowest BCUT2D eigenvalue weighted by Crippen LogP contribution is -2.59. The Labute approximate surface area is 106 Å². The highest BCUT2D eigenvalue weighted by Gasteiger charge is 2.35. The predicted octanol–water partition coefficient (Wildman–Crippen LogP) is 1.29. The van der Waals surface area contributed by atoms with Crippen LogP contribution < -0.4 is 5.32 Å². The number of hydrogen-bond acceptors (Lipinski definition) is 3. The van der Waals surface area contributed by atoms with Gasteiger partial charge in [0.05, 0.1) is 6.26 Å². The quantitative estimate of drug-likeness (QED) is 0.830. The van der Waals surface area contributed by atoms with E-state index in [4.69, 9.17) is 0 Å². The fourth-order valence-corrected chi connectivity index (χ4v) is 3.74. The second-order valence-corrected chi connectivity index (χ2v) is 7.81. The van der Waals surface area contributed by atoms with Gasteiger partial charge in [-0.1, -0.05) is 27.7 Å². The summed E-state index contributed by atoms with van der Waals surface area (Å²) in [7, 11) is -3.10. The first kappa shape index (κ1) is 14.9. The van der Waals surface area contributed by atoms with Crippen molar-refractivity contribution >= 4 is 10.0 Å². The molecule has 0 aromatic carbocycles. The van der Waals surface area contributed by atoms with Gasteiger partial charge in [0.2, 0.25) is 10.0 Å². The van der Waals surface area contributed by atoms with Gasteiger partial charge in [0, 0.05) is 25.2 Å². The minimum Gasteiger partial charge on any atom is -0.311 e. The van der Waals surface area contributed by atoms with Gasteiger partial charge in [-0.3, -0.25) is 0 Å². The van der Waals surface area contributed by atoms with Crippen molar-refractivity contribution in [1.29, 1.82) is 0 Å². The summed E-state index contributed by atoms with van der Waals surface area (Å²) in [4.78, 5) is 0. The summed E-state index contributed by atoms with van der Waals surface area (Å²) >= 11 is 0. The molecule has 102 valence electrons. The van der Waals surface area contributed by atoms with E-state index in [1.807, 2.05) is 0 Å². The highest BCUT2D eigenvalue weighted by Crippen LogP contribution is 2.20. The van der Waals surface area contributed by atoms with E-state index < -0.39 is 10.0 Å². The van der Waals surface area contributed by atoms with Gasteiger partial charge in [0.15, 0.2) is 0 Å². The Morgan fingerprint density at radius 3 is 2.29 bits per heavy atom. The van der Waals surface area contributed by atoms with E-state index >= 15 is 0 Å². The molecule has 1 fully saturated rings. The standard InChI is InChI=1S/C12H26N2O2S/c1-9(2)6-11-8-14(17(5,15)16)12(7-13-11)10(3)4/h9-13H,6-8H2,1-5H3. The first-order valence-electron chi connectivity index (χ1n) is 6.42. The van der Waals surface area contributed by atoms with Crippen molar-refractivity contribution in [1.82, 2.24) is 9.62 Å². The van der Waals surface area contributed by atoms with Crippen LogP contribution >= 0.6 is 0 Å². The van der Waals surface area contributed by atoms with Crippen LogP contribution in [0.4, 0.5) is 0 Å².